The Morgan fingerprint density at radius 3 is 2.72 bits per heavy atom. The number of rotatable bonds is 6. The molecule has 0 saturated carbocycles. The van der Waals surface area contributed by atoms with Crippen LogP contribution in [-0.4, -0.2) is 42.5 Å². The summed E-state index contributed by atoms with van der Waals surface area (Å²) in [7, 11) is 1.82. The van der Waals surface area contributed by atoms with Gasteiger partial charge in [0.2, 0.25) is 0 Å². The monoisotopic (exact) mass is 377 g/mol. The van der Waals surface area contributed by atoms with Crippen LogP contribution in [0.1, 0.15) is 39.3 Å². The first-order valence-electron chi connectivity index (χ1n) is 8.82. The third-order valence-electron chi connectivity index (χ3n) is 4.62. The Balaban J connectivity index is 1.56. The van der Waals surface area contributed by atoms with Crippen LogP contribution < -0.4 is 10.6 Å². The summed E-state index contributed by atoms with van der Waals surface area (Å²) in [4.78, 5) is 14.2. The molecule has 0 aromatic carbocycles. The van der Waals surface area contributed by atoms with Gasteiger partial charge in [0.1, 0.15) is 5.01 Å². The first-order chi connectivity index (χ1) is 12.2. The SMILES string of the molecule is CN=C(NCc1nc(C)c(C)s1)NCC(c1cccs1)N1CCCC1. The third-order valence-corrected chi connectivity index (χ3v) is 6.67. The predicted octanol–water partition coefficient (Wildman–Crippen LogP) is 3.32. The molecule has 136 valence electrons. The van der Waals surface area contributed by atoms with E-state index in [1.54, 1.807) is 11.3 Å². The summed E-state index contributed by atoms with van der Waals surface area (Å²) in [6.45, 7) is 8.14. The molecule has 1 unspecified atom stereocenters. The smallest absolute Gasteiger partial charge is 0.191 e. The lowest BCUT2D eigenvalue weighted by molar-refractivity contribution is 0.249. The Labute approximate surface area is 158 Å². The molecule has 1 atom stereocenters. The van der Waals surface area contributed by atoms with E-state index >= 15 is 0 Å². The fourth-order valence-corrected chi connectivity index (χ4v) is 4.87. The number of thiazole rings is 1. The van der Waals surface area contributed by atoms with Gasteiger partial charge in [0, 0.05) is 23.3 Å². The van der Waals surface area contributed by atoms with E-state index in [4.69, 9.17) is 0 Å². The quantitative estimate of drug-likeness (QED) is 0.599. The fourth-order valence-electron chi connectivity index (χ4n) is 3.13. The summed E-state index contributed by atoms with van der Waals surface area (Å²) in [6, 6.07) is 4.81. The summed E-state index contributed by atoms with van der Waals surface area (Å²) in [6.07, 6.45) is 2.61. The van der Waals surface area contributed by atoms with Crippen LogP contribution in [0.4, 0.5) is 0 Å². The first kappa shape index (κ1) is 18.4. The van der Waals surface area contributed by atoms with Gasteiger partial charge < -0.3 is 10.6 Å². The molecule has 25 heavy (non-hydrogen) atoms. The molecule has 7 heteroatoms. The van der Waals surface area contributed by atoms with Crippen LogP contribution in [-0.2, 0) is 6.54 Å². The highest BCUT2D eigenvalue weighted by Crippen LogP contribution is 2.27. The van der Waals surface area contributed by atoms with E-state index in [2.05, 4.69) is 56.9 Å². The second-order valence-electron chi connectivity index (χ2n) is 6.33. The number of nitrogens with zero attached hydrogens (tertiary/aromatic N) is 3. The van der Waals surface area contributed by atoms with Crippen LogP contribution in [0.3, 0.4) is 0 Å². The van der Waals surface area contributed by atoms with Crippen LogP contribution in [0.5, 0.6) is 0 Å². The maximum atomic E-state index is 4.58. The lowest BCUT2D eigenvalue weighted by atomic mass is 10.2. The number of thiophene rings is 1. The first-order valence-corrected chi connectivity index (χ1v) is 10.5. The van der Waals surface area contributed by atoms with Crippen LogP contribution >= 0.6 is 22.7 Å². The van der Waals surface area contributed by atoms with Crippen molar-refractivity contribution in [3.05, 3.63) is 38.0 Å². The van der Waals surface area contributed by atoms with Crippen LogP contribution in [0.25, 0.3) is 0 Å². The fraction of sp³-hybridized carbons (Fsp3) is 0.556. The highest BCUT2D eigenvalue weighted by atomic mass is 32.1. The van der Waals surface area contributed by atoms with E-state index in [1.807, 2.05) is 18.4 Å². The molecular formula is C18H27N5S2. The molecule has 1 aliphatic heterocycles. The van der Waals surface area contributed by atoms with Crippen molar-refractivity contribution >= 4 is 28.6 Å². The maximum absolute atomic E-state index is 4.58. The Morgan fingerprint density at radius 2 is 2.12 bits per heavy atom. The van der Waals surface area contributed by atoms with Gasteiger partial charge in [-0.3, -0.25) is 9.89 Å². The molecule has 0 amide bonds. The van der Waals surface area contributed by atoms with Gasteiger partial charge in [-0.05, 0) is 51.2 Å². The van der Waals surface area contributed by atoms with Gasteiger partial charge in [-0.2, -0.15) is 0 Å². The molecule has 1 fully saturated rings. The van der Waals surface area contributed by atoms with Crippen molar-refractivity contribution in [2.45, 2.75) is 39.3 Å². The van der Waals surface area contributed by atoms with Gasteiger partial charge in [-0.25, -0.2) is 4.98 Å². The molecule has 2 aromatic heterocycles. The van der Waals surface area contributed by atoms with Crippen LogP contribution in [0, 0.1) is 13.8 Å². The molecule has 2 aromatic rings. The molecule has 5 nitrogen and oxygen atoms in total. The molecule has 3 rings (SSSR count). The van der Waals surface area contributed by atoms with E-state index in [1.165, 1.54) is 35.7 Å². The van der Waals surface area contributed by atoms with Gasteiger partial charge in [-0.1, -0.05) is 6.07 Å². The van der Waals surface area contributed by atoms with Gasteiger partial charge in [-0.15, -0.1) is 22.7 Å². The van der Waals surface area contributed by atoms with Crippen LogP contribution in [0.2, 0.25) is 0 Å². The minimum absolute atomic E-state index is 0.422. The zero-order valence-electron chi connectivity index (χ0n) is 15.2. The number of aromatic nitrogens is 1. The van der Waals surface area contributed by atoms with Gasteiger partial charge >= 0.3 is 0 Å². The minimum atomic E-state index is 0.422. The second-order valence-corrected chi connectivity index (χ2v) is 8.60. The van der Waals surface area contributed by atoms with Crippen molar-refractivity contribution in [3.8, 4) is 0 Å². The largest absolute Gasteiger partial charge is 0.354 e. The lowest BCUT2D eigenvalue weighted by Crippen LogP contribution is -2.42. The number of nitrogens with one attached hydrogen (secondary N) is 2. The number of aryl methyl sites for hydroxylation is 2. The highest BCUT2D eigenvalue weighted by molar-refractivity contribution is 7.11. The Bertz CT molecular complexity index is 667. The Kier molecular flexibility index (Phi) is 6.45. The number of hydrogen-bond donors (Lipinski definition) is 2. The third kappa shape index (κ3) is 4.80. The molecule has 0 spiro atoms. The summed E-state index contributed by atoms with van der Waals surface area (Å²) < 4.78 is 0. The van der Waals surface area contributed by atoms with Gasteiger partial charge in [0.05, 0.1) is 18.3 Å². The average Bonchev–Trinajstić information content (AvgIpc) is 3.35. The van der Waals surface area contributed by atoms with E-state index in [0.29, 0.717) is 12.6 Å². The minimum Gasteiger partial charge on any atom is -0.354 e. The van der Waals surface area contributed by atoms with E-state index < -0.39 is 0 Å². The van der Waals surface area contributed by atoms with Crippen molar-refractivity contribution < 1.29 is 0 Å². The summed E-state index contributed by atoms with van der Waals surface area (Å²) >= 11 is 3.59. The summed E-state index contributed by atoms with van der Waals surface area (Å²) in [5.41, 5.74) is 1.12. The second kappa shape index (κ2) is 8.78. The van der Waals surface area contributed by atoms with E-state index in [9.17, 15) is 0 Å². The van der Waals surface area contributed by atoms with Gasteiger partial charge in [0.15, 0.2) is 5.96 Å². The van der Waals surface area contributed by atoms with Crippen molar-refractivity contribution in [2.75, 3.05) is 26.7 Å². The summed E-state index contributed by atoms with van der Waals surface area (Å²) in [5.74, 6) is 0.839. The van der Waals surface area contributed by atoms with Gasteiger partial charge in [0.25, 0.3) is 0 Å². The summed E-state index contributed by atoms with van der Waals surface area (Å²) in [5, 5.41) is 10.2. The predicted molar refractivity (Wildman–Crippen MR) is 108 cm³/mol. The zero-order valence-corrected chi connectivity index (χ0v) is 16.8. The molecule has 0 bridgehead atoms. The average molecular weight is 378 g/mol. The standard InChI is InChI=1S/C18H27N5S2/c1-13-14(2)25-17(22-13)12-21-18(19-3)20-11-15(16-7-6-10-24-16)23-8-4-5-9-23/h6-7,10,15H,4-5,8-9,11-12H2,1-3H3,(H2,19,20,21). The Hall–Kier alpha value is -1.44. The molecule has 0 radical (unpaired) electrons. The van der Waals surface area contributed by atoms with Crippen molar-refractivity contribution in [2.24, 2.45) is 4.99 Å². The molecule has 1 aliphatic rings. The highest BCUT2D eigenvalue weighted by Gasteiger charge is 2.24. The van der Waals surface area contributed by atoms with E-state index in [-0.39, 0.29) is 0 Å². The molecule has 0 aliphatic carbocycles. The molecule has 2 N–H and O–H groups in total. The van der Waals surface area contributed by atoms with E-state index in [0.717, 1.165) is 23.2 Å². The normalized spacial score (nSPS) is 17.0. The van der Waals surface area contributed by atoms with Crippen molar-refractivity contribution in [1.29, 1.82) is 0 Å². The Morgan fingerprint density at radius 1 is 1.32 bits per heavy atom. The lowest BCUT2D eigenvalue weighted by Gasteiger charge is -2.27. The maximum Gasteiger partial charge on any atom is 0.191 e. The van der Waals surface area contributed by atoms with Crippen molar-refractivity contribution in [1.82, 2.24) is 20.5 Å². The number of aliphatic imine (C=N–C) groups is 1. The van der Waals surface area contributed by atoms with Crippen LogP contribution in [0.15, 0.2) is 22.5 Å². The molecular weight excluding hydrogens is 350 g/mol. The number of hydrogen-bond acceptors (Lipinski definition) is 5. The number of guanidine groups is 1. The number of likely N-dealkylation sites (tertiary alicyclic amines) is 1. The molecule has 3 heterocycles. The topological polar surface area (TPSA) is 52.6 Å². The zero-order chi connectivity index (χ0) is 17.6. The molecule has 1 saturated heterocycles. The van der Waals surface area contributed by atoms with Crippen molar-refractivity contribution in [3.63, 3.8) is 0 Å².